The van der Waals surface area contributed by atoms with Crippen LogP contribution < -0.4 is 0 Å². The van der Waals surface area contributed by atoms with Crippen LogP contribution in [0.1, 0.15) is 23.2 Å². The van der Waals surface area contributed by atoms with Crippen LogP contribution in [0.4, 0.5) is 0 Å². The quantitative estimate of drug-likeness (QED) is 0.743. The highest BCUT2D eigenvalue weighted by molar-refractivity contribution is 7.85. The third-order valence-electron chi connectivity index (χ3n) is 3.35. The first-order chi connectivity index (χ1) is 11.4. The molecule has 2 aromatic rings. The van der Waals surface area contributed by atoms with Crippen LogP contribution in [0.15, 0.2) is 49.4 Å². The fourth-order valence-electron chi connectivity index (χ4n) is 2.17. The summed E-state index contributed by atoms with van der Waals surface area (Å²) in [5.74, 6) is 1.09. The van der Waals surface area contributed by atoms with Gasteiger partial charge in [-0.2, -0.15) is 8.42 Å². The molecule has 0 atom stereocenters. The molecule has 1 aromatic heterocycles. The van der Waals surface area contributed by atoms with E-state index in [-0.39, 0.29) is 6.61 Å². The lowest BCUT2D eigenvalue weighted by Gasteiger charge is -2.02. The van der Waals surface area contributed by atoms with Crippen molar-refractivity contribution in [2.75, 3.05) is 12.9 Å². The minimum atomic E-state index is -3.46. The lowest BCUT2D eigenvalue weighted by molar-refractivity contribution is 0.324. The van der Waals surface area contributed by atoms with Gasteiger partial charge in [0.25, 0.3) is 10.1 Å². The fourth-order valence-corrected chi connectivity index (χ4v) is 2.56. The van der Waals surface area contributed by atoms with Crippen LogP contribution in [0.3, 0.4) is 0 Å². The second-order valence-electron chi connectivity index (χ2n) is 5.20. The lowest BCUT2D eigenvalue weighted by Crippen LogP contribution is -2.06. The monoisotopic (exact) mass is 349 g/mol. The Balaban J connectivity index is 1.72. The van der Waals surface area contributed by atoms with Crippen LogP contribution in [-0.4, -0.2) is 26.3 Å². The highest BCUT2D eigenvalue weighted by atomic mass is 32.2. The van der Waals surface area contributed by atoms with E-state index in [0.717, 1.165) is 17.4 Å². The fraction of sp³-hybridized carbons (Fsp3) is 0.357. The molecule has 0 fully saturated rings. The molecule has 1 aliphatic rings. The molecule has 1 aromatic carbocycles. The number of hydrogen-bond acceptors (Lipinski definition) is 9. The molecule has 10 heteroatoms. The zero-order chi connectivity index (χ0) is 17.2. The largest absolute Gasteiger partial charge is 0.441 e. The molecule has 1 aliphatic heterocycles. The molecule has 0 saturated carbocycles. The third-order valence-corrected chi connectivity index (χ3v) is 3.94. The van der Waals surface area contributed by atoms with Crippen LogP contribution in [0.5, 0.6) is 0 Å². The van der Waals surface area contributed by atoms with Gasteiger partial charge in [0.05, 0.1) is 18.6 Å². The summed E-state index contributed by atoms with van der Waals surface area (Å²) in [7, 11) is -3.46. The zero-order valence-electron chi connectivity index (χ0n) is 13.1. The molecule has 24 heavy (non-hydrogen) atoms. The van der Waals surface area contributed by atoms with Crippen molar-refractivity contribution < 1.29 is 17.0 Å². The van der Waals surface area contributed by atoms with Crippen molar-refractivity contribution in [2.24, 2.45) is 20.7 Å². The van der Waals surface area contributed by atoms with Crippen LogP contribution in [0.2, 0.25) is 0 Å². The molecule has 0 bridgehead atoms. The van der Waals surface area contributed by atoms with E-state index < -0.39 is 16.3 Å². The van der Waals surface area contributed by atoms with E-state index in [0.29, 0.717) is 23.8 Å². The van der Waals surface area contributed by atoms with Gasteiger partial charge in [-0.05, 0) is 29.5 Å². The minimum Gasteiger partial charge on any atom is -0.441 e. The summed E-state index contributed by atoms with van der Waals surface area (Å²) in [5.41, 5.74) is 2.33. The normalized spacial score (nSPS) is 14.6. The first-order valence-electron chi connectivity index (χ1n) is 7.13. The van der Waals surface area contributed by atoms with Crippen LogP contribution in [0, 0.1) is 6.92 Å². The smallest absolute Gasteiger partial charge is 0.264 e. The molecule has 0 N–H and O–H groups in total. The standard InChI is InChI=1S/C14H15N5O4S/c1-9-12(7-8-22-24(2,20)21)15-14(23-9)11-5-3-10(4-6-11)13-16-18-19-17-13/h3-6,13H,7-8H2,1-2H3. The molecule has 0 radical (unpaired) electrons. The highest BCUT2D eigenvalue weighted by Crippen LogP contribution is 2.27. The maximum Gasteiger partial charge on any atom is 0.264 e. The molecule has 0 saturated heterocycles. The van der Waals surface area contributed by atoms with Crippen molar-refractivity contribution in [2.45, 2.75) is 19.5 Å². The molecule has 2 heterocycles. The van der Waals surface area contributed by atoms with Gasteiger partial charge in [0.1, 0.15) is 5.76 Å². The summed E-state index contributed by atoms with van der Waals surface area (Å²) < 4.78 is 32.3. The molecule has 0 spiro atoms. The van der Waals surface area contributed by atoms with Crippen LogP contribution in [0.25, 0.3) is 11.5 Å². The Labute approximate surface area is 138 Å². The van der Waals surface area contributed by atoms with E-state index in [9.17, 15) is 8.42 Å². The predicted octanol–water partition coefficient (Wildman–Crippen LogP) is 3.00. The Hall–Kier alpha value is -2.46. The minimum absolute atomic E-state index is 0.0300. The van der Waals surface area contributed by atoms with Crippen molar-refractivity contribution in [1.29, 1.82) is 0 Å². The molecule has 0 amide bonds. The van der Waals surface area contributed by atoms with Crippen molar-refractivity contribution in [1.82, 2.24) is 4.98 Å². The van der Waals surface area contributed by atoms with E-state index >= 15 is 0 Å². The molecule has 0 unspecified atom stereocenters. The average Bonchev–Trinajstić information content (AvgIpc) is 3.17. The van der Waals surface area contributed by atoms with Crippen molar-refractivity contribution in [3.05, 3.63) is 41.3 Å². The van der Waals surface area contributed by atoms with Gasteiger partial charge in [-0.1, -0.05) is 12.1 Å². The summed E-state index contributed by atoms with van der Waals surface area (Å²) >= 11 is 0. The lowest BCUT2D eigenvalue weighted by atomic mass is 10.1. The number of aromatic nitrogens is 1. The molecule has 126 valence electrons. The molecular weight excluding hydrogens is 334 g/mol. The maximum absolute atomic E-state index is 11.0. The van der Waals surface area contributed by atoms with Gasteiger partial charge < -0.3 is 4.42 Å². The van der Waals surface area contributed by atoms with Gasteiger partial charge in [-0.15, -0.1) is 10.2 Å². The predicted molar refractivity (Wildman–Crippen MR) is 83.6 cm³/mol. The van der Waals surface area contributed by atoms with Gasteiger partial charge in [-0.3, -0.25) is 4.18 Å². The molecule has 3 rings (SSSR count). The summed E-state index contributed by atoms with van der Waals surface area (Å²) in [6.45, 7) is 1.81. The molecular formula is C14H15N5O4S. The summed E-state index contributed by atoms with van der Waals surface area (Å²) in [5, 5.41) is 14.7. The number of aryl methyl sites for hydroxylation is 1. The molecule has 9 nitrogen and oxygen atoms in total. The molecule has 0 aliphatic carbocycles. The van der Waals surface area contributed by atoms with E-state index in [1.807, 2.05) is 24.3 Å². The van der Waals surface area contributed by atoms with Crippen LogP contribution in [-0.2, 0) is 20.7 Å². The van der Waals surface area contributed by atoms with E-state index in [4.69, 9.17) is 8.60 Å². The SMILES string of the molecule is Cc1oc(-c2ccc(C3N=NN=N3)cc2)nc1CCOS(C)(=O)=O. The zero-order valence-corrected chi connectivity index (χ0v) is 13.9. The second-order valence-corrected chi connectivity index (χ2v) is 6.85. The Morgan fingerprint density at radius 1 is 1.17 bits per heavy atom. The third kappa shape index (κ3) is 3.89. The van der Waals surface area contributed by atoms with E-state index in [1.165, 1.54) is 0 Å². The number of nitrogens with zero attached hydrogens (tertiary/aromatic N) is 5. The van der Waals surface area contributed by atoms with Gasteiger partial charge in [0, 0.05) is 17.5 Å². The first-order valence-corrected chi connectivity index (χ1v) is 8.95. The average molecular weight is 349 g/mol. The number of benzene rings is 1. The van der Waals surface area contributed by atoms with E-state index in [2.05, 4.69) is 25.7 Å². The maximum atomic E-state index is 11.0. The number of rotatable bonds is 6. The van der Waals surface area contributed by atoms with Crippen molar-refractivity contribution >= 4 is 10.1 Å². The summed E-state index contributed by atoms with van der Waals surface area (Å²) in [6.07, 6.45) is 0.969. The Kier molecular flexibility index (Phi) is 4.49. The summed E-state index contributed by atoms with van der Waals surface area (Å²) in [6, 6.07) is 7.41. The number of hydrogen-bond donors (Lipinski definition) is 0. The van der Waals surface area contributed by atoms with Gasteiger partial charge in [-0.25, -0.2) is 4.98 Å². The van der Waals surface area contributed by atoms with Crippen molar-refractivity contribution in [3.63, 3.8) is 0 Å². The van der Waals surface area contributed by atoms with Gasteiger partial charge in [0.2, 0.25) is 12.1 Å². The first kappa shape index (κ1) is 16.4. The summed E-state index contributed by atoms with van der Waals surface area (Å²) in [4.78, 5) is 4.40. The topological polar surface area (TPSA) is 119 Å². The van der Waals surface area contributed by atoms with Crippen molar-refractivity contribution in [3.8, 4) is 11.5 Å². The van der Waals surface area contributed by atoms with Gasteiger partial charge in [0.15, 0.2) is 0 Å². The number of oxazole rings is 1. The Morgan fingerprint density at radius 3 is 2.46 bits per heavy atom. The van der Waals surface area contributed by atoms with Crippen LogP contribution >= 0.6 is 0 Å². The Morgan fingerprint density at radius 2 is 1.83 bits per heavy atom. The second kappa shape index (κ2) is 6.57. The van der Waals surface area contributed by atoms with Gasteiger partial charge >= 0.3 is 0 Å². The Bertz CT molecular complexity index is 874. The van der Waals surface area contributed by atoms with E-state index in [1.54, 1.807) is 6.92 Å². The highest BCUT2D eigenvalue weighted by Gasteiger charge is 2.15.